The predicted molar refractivity (Wildman–Crippen MR) is 124 cm³/mol. The summed E-state index contributed by atoms with van der Waals surface area (Å²) in [5.41, 5.74) is 2.59. The second kappa shape index (κ2) is 9.88. The first-order valence-corrected chi connectivity index (χ1v) is 11.6. The molecule has 4 rings (SSSR count). The number of alkyl halides is 2. The predicted octanol–water partition coefficient (Wildman–Crippen LogP) is 5.02. The van der Waals surface area contributed by atoms with Crippen LogP contribution in [0.4, 0.5) is 8.78 Å². The van der Waals surface area contributed by atoms with Gasteiger partial charge in [-0.25, -0.2) is 0 Å². The molecular weight excluding hydrogens is 442 g/mol. The van der Waals surface area contributed by atoms with E-state index in [9.17, 15) is 13.6 Å². The Bertz CT molecular complexity index is 1040. The van der Waals surface area contributed by atoms with E-state index in [0.29, 0.717) is 36.1 Å². The molecule has 2 heterocycles. The maximum Gasteiger partial charge on any atom is 0.387 e. The van der Waals surface area contributed by atoms with Crippen LogP contribution in [0.1, 0.15) is 66.7 Å². The van der Waals surface area contributed by atoms with E-state index in [0.717, 1.165) is 30.5 Å². The van der Waals surface area contributed by atoms with Gasteiger partial charge in [0.05, 0.1) is 18.2 Å². The van der Waals surface area contributed by atoms with Gasteiger partial charge in [0.1, 0.15) is 18.1 Å². The molecule has 0 saturated carbocycles. The van der Waals surface area contributed by atoms with Crippen LogP contribution in [0.25, 0.3) is 0 Å². The van der Waals surface area contributed by atoms with Crippen LogP contribution in [0.2, 0.25) is 0 Å². The lowest BCUT2D eigenvalue weighted by atomic mass is 9.94. The number of hydrogen-bond acceptors (Lipinski definition) is 5. The van der Waals surface area contributed by atoms with Crippen LogP contribution in [0, 0.1) is 0 Å². The second-order valence-electron chi connectivity index (χ2n) is 9.53. The highest BCUT2D eigenvalue weighted by atomic mass is 19.3. The molecule has 0 radical (unpaired) electrons. The molecule has 2 aromatic carbocycles. The molecule has 2 atom stereocenters. The summed E-state index contributed by atoms with van der Waals surface area (Å²) in [6.45, 7) is 4.68. The van der Waals surface area contributed by atoms with Gasteiger partial charge in [-0.05, 0) is 82.6 Å². The fourth-order valence-electron chi connectivity index (χ4n) is 4.68. The largest absolute Gasteiger partial charge is 0.492 e. The van der Waals surface area contributed by atoms with E-state index in [4.69, 9.17) is 14.2 Å². The highest BCUT2D eigenvalue weighted by Crippen LogP contribution is 2.36. The van der Waals surface area contributed by atoms with Crippen molar-refractivity contribution in [2.75, 3.05) is 20.2 Å². The average molecular weight is 475 g/mol. The van der Waals surface area contributed by atoms with Gasteiger partial charge in [-0.2, -0.15) is 8.78 Å². The van der Waals surface area contributed by atoms with Gasteiger partial charge in [0.2, 0.25) is 0 Å². The standard InChI is InChI=1S/C26H32F2N2O4/c1-16(29-24(31)17-7-10-22-18(12-17)14-33-26(22,2)3)21-9-8-20(13-23(21)34-25(27)28)32-15-19-6-5-11-30(19)4/h7-10,12-13,16,19,25H,5-6,11,14-15H2,1-4H3,(H,29,31)/t16-,19-/m0/s1. The van der Waals surface area contributed by atoms with Gasteiger partial charge in [0.15, 0.2) is 0 Å². The van der Waals surface area contributed by atoms with Gasteiger partial charge in [-0.3, -0.25) is 4.79 Å². The average Bonchev–Trinajstić information content (AvgIpc) is 3.33. The highest BCUT2D eigenvalue weighted by molar-refractivity contribution is 5.94. The zero-order chi connectivity index (χ0) is 24.5. The van der Waals surface area contributed by atoms with Crippen LogP contribution >= 0.6 is 0 Å². The third-order valence-electron chi connectivity index (χ3n) is 6.73. The Morgan fingerprint density at radius 1 is 1.26 bits per heavy atom. The molecular formula is C26H32F2N2O4. The van der Waals surface area contributed by atoms with Crippen molar-refractivity contribution in [1.82, 2.24) is 10.2 Å². The van der Waals surface area contributed by atoms with Crippen molar-refractivity contribution >= 4 is 5.91 Å². The SMILES string of the molecule is C[C@H](NC(=O)c1ccc2c(c1)COC2(C)C)c1ccc(OC[C@@H]2CCCN2C)cc1OC(F)F. The summed E-state index contributed by atoms with van der Waals surface area (Å²) in [4.78, 5) is 15.1. The molecule has 0 unspecified atom stereocenters. The Hall–Kier alpha value is -2.71. The number of carbonyl (C=O) groups is 1. The van der Waals surface area contributed by atoms with Gasteiger partial charge in [-0.15, -0.1) is 0 Å². The molecule has 0 bridgehead atoms. The first-order valence-electron chi connectivity index (χ1n) is 11.6. The van der Waals surface area contributed by atoms with E-state index in [1.165, 1.54) is 6.07 Å². The number of fused-ring (bicyclic) bond motifs is 1. The van der Waals surface area contributed by atoms with Crippen molar-refractivity contribution in [3.05, 3.63) is 58.7 Å². The minimum absolute atomic E-state index is 0.0100. The lowest BCUT2D eigenvalue weighted by Gasteiger charge is -2.22. The number of nitrogens with one attached hydrogen (secondary N) is 1. The number of likely N-dealkylation sites (N-methyl/N-ethyl adjacent to an activating group) is 1. The van der Waals surface area contributed by atoms with Crippen molar-refractivity contribution in [2.24, 2.45) is 0 Å². The Kier molecular flexibility index (Phi) is 7.09. The summed E-state index contributed by atoms with van der Waals surface area (Å²) in [5.74, 6) is 0.149. The highest BCUT2D eigenvalue weighted by Gasteiger charge is 2.31. The van der Waals surface area contributed by atoms with Crippen molar-refractivity contribution in [2.45, 2.75) is 64.5 Å². The van der Waals surface area contributed by atoms with Gasteiger partial charge < -0.3 is 24.4 Å². The lowest BCUT2D eigenvalue weighted by molar-refractivity contribution is -0.0507. The molecule has 184 valence electrons. The summed E-state index contributed by atoms with van der Waals surface area (Å²) >= 11 is 0. The lowest BCUT2D eigenvalue weighted by Crippen LogP contribution is -2.30. The number of likely N-dealkylation sites (tertiary alicyclic amines) is 1. The molecule has 34 heavy (non-hydrogen) atoms. The fourth-order valence-corrected chi connectivity index (χ4v) is 4.68. The third-order valence-corrected chi connectivity index (χ3v) is 6.73. The van der Waals surface area contributed by atoms with E-state index >= 15 is 0 Å². The van der Waals surface area contributed by atoms with E-state index < -0.39 is 12.7 Å². The first-order chi connectivity index (χ1) is 16.1. The molecule has 2 aliphatic heterocycles. The Morgan fingerprint density at radius 3 is 2.76 bits per heavy atom. The molecule has 0 aliphatic carbocycles. The maximum atomic E-state index is 13.1. The zero-order valence-corrected chi connectivity index (χ0v) is 20.1. The number of amides is 1. The molecule has 2 aliphatic rings. The summed E-state index contributed by atoms with van der Waals surface area (Å²) in [5, 5.41) is 2.89. The third kappa shape index (κ3) is 5.33. The Labute approximate surface area is 199 Å². The molecule has 2 aromatic rings. The van der Waals surface area contributed by atoms with Crippen molar-refractivity contribution in [1.29, 1.82) is 0 Å². The zero-order valence-electron chi connectivity index (χ0n) is 20.1. The van der Waals surface area contributed by atoms with E-state index in [1.807, 2.05) is 26.0 Å². The first kappa shape index (κ1) is 24.4. The number of nitrogens with zero attached hydrogens (tertiary/aromatic N) is 1. The quantitative estimate of drug-likeness (QED) is 0.582. The van der Waals surface area contributed by atoms with Crippen LogP contribution in [-0.2, 0) is 16.9 Å². The van der Waals surface area contributed by atoms with Gasteiger partial charge in [-0.1, -0.05) is 6.07 Å². The normalized spacial score (nSPS) is 20.3. The van der Waals surface area contributed by atoms with Gasteiger partial charge in [0, 0.05) is 23.2 Å². The van der Waals surface area contributed by atoms with Crippen molar-refractivity contribution in [3.63, 3.8) is 0 Å². The van der Waals surface area contributed by atoms with E-state index in [2.05, 4.69) is 17.3 Å². The van der Waals surface area contributed by atoms with Crippen molar-refractivity contribution in [3.8, 4) is 11.5 Å². The molecule has 0 spiro atoms. The number of rotatable bonds is 8. The molecule has 8 heteroatoms. The molecule has 1 fully saturated rings. The maximum absolute atomic E-state index is 13.1. The minimum Gasteiger partial charge on any atom is -0.492 e. The van der Waals surface area contributed by atoms with Crippen LogP contribution < -0.4 is 14.8 Å². The molecule has 1 amide bonds. The van der Waals surface area contributed by atoms with Crippen molar-refractivity contribution < 1.29 is 27.8 Å². The monoisotopic (exact) mass is 474 g/mol. The minimum atomic E-state index is -2.99. The molecule has 1 N–H and O–H groups in total. The van der Waals surface area contributed by atoms with E-state index in [-0.39, 0.29) is 17.3 Å². The Morgan fingerprint density at radius 2 is 2.06 bits per heavy atom. The van der Waals surface area contributed by atoms with Gasteiger partial charge in [0.25, 0.3) is 5.91 Å². The van der Waals surface area contributed by atoms with Crippen LogP contribution in [-0.4, -0.2) is 43.7 Å². The number of halogens is 2. The number of carbonyl (C=O) groups excluding carboxylic acids is 1. The summed E-state index contributed by atoms with van der Waals surface area (Å²) in [7, 11) is 2.05. The smallest absolute Gasteiger partial charge is 0.387 e. The summed E-state index contributed by atoms with van der Waals surface area (Å²) in [6.07, 6.45) is 2.17. The molecule has 1 saturated heterocycles. The number of hydrogen-bond donors (Lipinski definition) is 1. The molecule has 6 nitrogen and oxygen atoms in total. The number of benzene rings is 2. The van der Waals surface area contributed by atoms with Crippen LogP contribution in [0.15, 0.2) is 36.4 Å². The van der Waals surface area contributed by atoms with Crippen LogP contribution in [0.5, 0.6) is 11.5 Å². The fraction of sp³-hybridized carbons (Fsp3) is 0.500. The topological polar surface area (TPSA) is 60.0 Å². The Balaban J connectivity index is 1.47. The summed E-state index contributed by atoms with van der Waals surface area (Å²) < 4.78 is 42.7. The summed E-state index contributed by atoms with van der Waals surface area (Å²) in [6, 6.07) is 10.1. The molecule has 0 aromatic heterocycles. The second-order valence-corrected chi connectivity index (χ2v) is 9.53. The van der Waals surface area contributed by atoms with E-state index in [1.54, 1.807) is 25.1 Å². The van der Waals surface area contributed by atoms with Crippen LogP contribution in [0.3, 0.4) is 0 Å². The van der Waals surface area contributed by atoms with Gasteiger partial charge >= 0.3 is 6.61 Å². The number of ether oxygens (including phenoxy) is 3.